The number of rotatable bonds is 7. The Hall–Kier alpha value is -3.29. The van der Waals surface area contributed by atoms with Crippen molar-refractivity contribution in [3.8, 4) is 17.0 Å². The van der Waals surface area contributed by atoms with Crippen LogP contribution in [0.15, 0.2) is 60.8 Å². The van der Waals surface area contributed by atoms with Crippen LogP contribution < -0.4 is 4.74 Å². The molecule has 0 unspecified atom stereocenters. The van der Waals surface area contributed by atoms with Crippen molar-refractivity contribution in [1.29, 1.82) is 0 Å². The lowest BCUT2D eigenvalue weighted by Crippen LogP contribution is -2.49. The zero-order valence-electron chi connectivity index (χ0n) is 21.3. The number of aromatic nitrogens is 1. The first-order valence-electron chi connectivity index (χ1n) is 12.3. The van der Waals surface area contributed by atoms with Crippen molar-refractivity contribution < 1.29 is 19.0 Å². The monoisotopic (exact) mass is 491 g/mol. The first-order chi connectivity index (χ1) is 17.2. The molecule has 1 aliphatic heterocycles. The number of amides is 1. The number of carbonyl (C=O) groups excluding carboxylic acids is 1. The number of nitrogens with zero attached hydrogens (tertiary/aromatic N) is 3. The van der Waals surface area contributed by atoms with Gasteiger partial charge in [-0.3, -0.25) is 9.69 Å². The molecule has 1 aromatic heterocycles. The number of fused-ring (bicyclic) bond motifs is 1. The molecule has 190 valence electrons. The van der Waals surface area contributed by atoms with Gasteiger partial charge in [-0.2, -0.15) is 0 Å². The van der Waals surface area contributed by atoms with E-state index < -0.39 is 0 Å². The van der Waals surface area contributed by atoms with Crippen LogP contribution in [0.1, 0.15) is 35.3 Å². The van der Waals surface area contributed by atoms with Crippen LogP contribution in [-0.2, 0) is 6.54 Å². The number of ether oxygens (including phenoxy) is 1. The third-order valence-corrected chi connectivity index (χ3v) is 6.73. The van der Waals surface area contributed by atoms with Crippen LogP contribution in [-0.4, -0.2) is 64.7 Å². The topological polar surface area (TPSA) is 65.9 Å². The largest absolute Gasteiger partial charge is 0.472 e. The van der Waals surface area contributed by atoms with Crippen LogP contribution in [0.5, 0.6) is 5.88 Å². The Morgan fingerprint density at radius 1 is 1.19 bits per heavy atom. The summed E-state index contributed by atoms with van der Waals surface area (Å²) < 4.78 is 19.8. The molecule has 2 aromatic carbocycles. The number of hydrogen-bond acceptors (Lipinski definition) is 5. The maximum Gasteiger partial charge on any atom is 0.259 e. The van der Waals surface area contributed by atoms with Crippen molar-refractivity contribution in [3.05, 3.63) is 83.3 Å². The summed E-state index contributed by atoms with van der Waals surface area (Å²) in [5.74, 6) is -0.274. The highest BCUT2D eigenvalue weighted by Crippen LogP contribution is 2.30. The summed E-state index contributed by atoms with van der Waals surface area (Å²) in [5.41, 5.74) is 4.24. The van der Waals surface area contributed by atoms with Gasteiger partial charge in [-0.1, -0.05) is 48.9 Å². The third kappa shape index (κ3) is 5.91. The van der Waals surface area contributed by atoms with Crippen molar-refractivity contribution in [2.45, 2.75) is 39.5 Å². The van der Waals surface area contributed by atoms with Gasteiger partial charge in [0.25, 0.3) is 5.91 Å². The molecule has 4 rings (SSSR count). The second kappa shape index (κ2) is 11.2. The van der Waals surface area contributed by atoms with Crippen LogP contribution in [0.3, 0.4) is 0 Å². The van der Waals surface area contributed by atoms with Gasteiger partial charge in [0.15, 0.2) is 0 Å². The van der Waals surface area contributed by atoms with Crippen LogP contribution in [0.4, 0.5) is 4.39 Å². The molecule has 0 radical (unpaired) electrons. The number of pyridine rings is 1. The van der Waals surface area contributed by atoms with Crippen LogP contribution >= 0.6 is 0 Å². The number of hydrogen-bond donors (Lipinski definition) is 1. The van der Waals surface area contributed by atoms with Crippen LogP contribution in [0.25, 0.3) is 11.1 Å². The Balaban J connectivity index is 1.65. The SMILES string of the molecule is Cc1cccc(CN(C)C[C@@H]2Oc3ncc(-c4ccc(F)cc4)cc3C(=O)N([C@H](C)CO)C[C@@H]2C)c1. The standard InChI is InChI=1S/C29H34FN3O3/c1-19-6-5-7-22(12-19)16-32(4)17-27-20(2)15-33(21(3)18-34)29(35)26-13-24(14-31-28(26)36-27)23-8-10-25(30)11-9-23/h5-14,20-21,27,34H,15-18H2,1-4H3/t20-,21+,27-/m0/s1. The second-order valence-electron chi connectivity index (χ2n) is 9.89. The van der Waals surface area contributed by atoms with E-state index in [1.165, 1.54) is 23.3 Å². The molecule has 36 heavy (non-hydrogen) atoms. The lowest BCUT2D eigenvalue weighted by Gasteiger charge is -2.37. The maximum absolute atomic E-state index is 13.6. The molecule has 1 amide bonds. The van der Waals surface area contributed by atoms with Gasteiger partial charge in [-0.15, -0.1) is 0 Å². The predicted octanol–water partition coefficient (Wildman–Crippen LogP) is 4.55. The molecule has 0 spiro atoms. The van der Waals surface area contributed by atoms with E-state index in [4.69, 9.17) is 4.74 Å². The molecule has 6 nitrogen and oxygen atoms in total. The fraction of sp³-hybridized carbons (Fsp3) is 0.379. The Kier molecular flexibility index (Phi) is 8.01. The van der Waals surface area contributed by atoms with Crippen LogP contribution in [0.2, 0.25) is 0 Å². The summed E-state index contributed by atoms with van der Waals surface area (Å²) in [6, 6.07) is 15.9. The quantitative estimate of drug-likeness (QED) is 0.525. The normalized spacial score (nSPS) is 18.9. The lowest BCUT2D eigenvalue weighted by molar-refractivity contribution is 0.0325. The molecule has 0 saturated carbocycles. The smallest absolute Gasteiger partial charge is 0.259 e. The average molecular weight is 492 g/mol. The molecule has 1 aliphatic rings. The van der Waals surface area contributed by atoms with Gasteiger partial charge in [0, 0.05) is 37.3 Å². The molecule has 0 bridgehead atoms. The molecular weight excluding hydrogens is 457 g/mol. The van der Waals surface area contributed by atoms with E-state index in [-0.39, 0.29) is 42.3 Å². The Labute approximate surface area is 212 Å². The van der Waals surface area contributed by atoms with E-state index >= 15 is 0 Å². The molecular formula is C29H34FN3O3. The van der Waals surface area contributed by atoms with Crippen molar-refractivity contribution >= 4 is 5.91 Å². The molecule has 1 N–H and O–H groups in total. The molecule has 0 fully saturated rings. The van der Waals surface area contributed by atoms with E-state index in [0.29, 0.717) is 24.2 Å². The van der Waals surface area contributed by atoms with Crippen molar-refractivity contribution in [3.63, 3.8) is 0 Å². The highest BCUT2D eigenvalue weighted by Gasteiger charge is 2.34. The van der Waals surface area contributed by atoms with E-state index in [2.05, 4.69) is 55.0 Å². The number of carbonyl (C=O) groups is 1. The van der Waals surface area contributed by atoms with Crippen molar-refractivity contribution in [2.75, 3.05) is 26.7 Å². The highest BCUT2D eigenvalue weighted by molar-refractivity contribution is 5.98. The molecule has 0 aliphatic carbocycles. The van der Waals surface area contributed by atoms with E-state index in [1.807, 2.05) is 6.92 Å². The molecule has 0 saturated heterocycles. The van der Waals surface area contributed by atoms with Gasteiger partial charge < -0.3 is 14.7 Å². The lowest BCUT2D eigenvalue weighted by atomic mass is 9.99. The minimum Gasteiger partial charge on any atom is -0.472 e. The number of halogens is 1. The Bertz CT molecular complexity index is 1200. The highest BCUT2D eigenvalue weighted by atomic mass is 19.1. The predicted molar refractivity (Wildman–Crippen MR) is 138 cm³/mol. The third-order valence-electron chi connectivity index (χ3n) is 6.73. The zero-order chi connectivity index (χ0) is 25.8. The molecule has 3 aromatic rings. The first-order valence-corrected chi connectivity index (χ1v) is 12.3. The Morgan fingerprint density at radius 3 is 2.64 bits per heavy atom. The summed E-state index contributed by atoms with van der Waals surface area (Å²) >= 11 is 0. The van der Waals surface area contributed by atoms with Gasteiger partial charge in [0.2, 0.25) is 5.88 Å². The first kappa shape index (κ1) is 25.8. The summed E-state index contributed by atoms with van der Waals surface area (Å²) in [5, 5.41) is 9.87. The summed E-state index contributed by atoms with van der Waals surface area (Å²) in [4.78, 5) is 22.1. The summed E-state index contributed by atoms with van der Waals surface area (Å²) in [7, 11) is 2.06. The van der Waals surface area contributed by atoms with Crippen molar-refractivity contribution in [2.24, 2.45) is 5.92 Å². The van der Waals surface area contributed by atoms with Crippen LogP contribution in [0, 0.1) is 18.7 Å². The average Bonchev–Trinajstić information content (AvgIpc) is 2.86. The minimum absolute atomic E-state index is 0.00892. The molecule has 2 heterocycles. The van der Waals surface area contributed by atoms with E-state index in [9.17, 15) is 14.3 Å². The number of aliphatic hydroxyl groups is 1. The fourth-order valence-corrected chi connectivity index (χ4v) is 4.61. The summed E-state index contributed by atoms with van der Waals surface area (Å²) in [6.45, 7) is 7.71. The van der Waals surface area contributed by atoms with Gasteiger partial charge in [-0.25, -0.2) is 9.37 Å². The van der Waals surface area contributed by atoms with Crippen molar-refractivity contribution in [1.82, 2.24) is 14.8 Å². The molecule has 7 heteroatoms. The maximum atomic E-state index is 13.6. The number of benzene rings is 2. The molecule has 3 atom stereocenters. The van der Waals surface area contributed by atoms with E-state index in [0.717, 1.165) is 12.1 Å². The van der Waals surface area contributed by atoms with Gasteiger partial charge in [0.05, 0.1) is 12.6 Å². The summed E-state index contributed by atoms with van der Waals surface area (Å²) in [6.07, 6.45) is 1.43. The fourth-order valence-electron chi connectivity index (χ4n) is 4.61. The van der Waals surface area contributed by atoms with Gasteiger partial charge in [-0.05, 0) is 50.2 Å². The van der Waals surface area contributed by atoms with Gasteiger partial charge in [0.1, 0.15) is 17.5 Å². The second-order valence-corrected chi connectivity index (χ2v) is 9.89. The number of aryl methyl sites for hydroxylation is 1. The Morgan fingerprint density at radius 2 is 1.94 bits per heavy atom. The minimum atomic E-state index is -0.356. The van der Waals surface area contributed by atoms with Gasteiger partial charge >= 0.3 is 0 Å². The number of likely N-dealkylation sites (N-methyl/N-ethyl adjacent to an activating group) is 1. The zero-order valence-corrected chi connectivity index (χ0v) is 21.3. The number of aliphatic hydroxyl groups excluding tert-OH is 1. The van der Waals surface area contributed by atoms with E-state index in [1.54, 1.807) is 29.3 Å².